The van der Waals surface area contributed by atoms with Crippen molar-refractivity contribution >= 4 is 0 Å². The Morgan fingerprint density at radius 3 is 2.38 bits per heavy atom. The van der Waals surface area contributed by atoms with Crippen LogP contribution in [0.1, 0.15) is 24.3 Å². The summed E-state index contributed by atoms with van der Waals surface area (Å²) in [7, 11) is 4.83. The lowest BCUT2D eigenvalue weighted by Crippen LogP contribution is -2.18. The lowest BCUT2D eigenvalue weighted by atomic mass is 10.1. The molecule has 0 amide bonds. The monoisotopic (exact) mass is 291 g/mol. The summed E-state index contributed by atoms with van der Waals surface area (Å²) in [5.41, 5.74) is 0.994. The van der Waals surface area contributed by atoms with Crippen molar-refractivity contribution in [2.45, 2.75) is 19.5 Å². The van der Waals surface area contributed by atoms with Gasteiger partial charge in [-0.2, -0.15) is 0 Å². The minimum absolute atomic E-state index is 0.109. The minimum Gasteiger partial charge on any atom is -0.493 e. The summed E-state index contributed by atoms with van der Waals surface area (Å²) in [5.74, 6) is 2.83. The van der Waals surface area contributed by atoms with Gasteiger partial charge in [0.2, 0.25) is 5.75 Å². The van der Waals surface area contributed by atoms with Gasteiger partial charge in [-0.25, -0.2) is 0 Å². The fraction of sp³-hybridized carbons (Fsp3) is 0.375. The van der Waals surface area contributed by atoms with Gasteiger partial charge in [-0.05, 0) is 25.1 Å². The number of hydrogen-bond acceptors (Lipinski definition) is 5. The molecule has 2 rings (SSSR count). The highest BCUT2D eigenvalue weighted by molar-refractivity contribution is 5.55. The van der Waals surface area contributed by atoms with Crippen molar-refractivity contribution in [3.8, 4) is 17.2 Å². The maximum atomic E-state index is 5.46. The molecule has 5 nitrogen and oxygen atoms in total. The van der Waals surface area contributed by atoms with E-state index in [9.17, 15) is 0 Å². The average molecular weight is 291 g/mol. The molecule has 1 aromatic carbocycles. The average Bonchev–Trinajstić information content (AvgIpc) is 3.05. The third kappa shape index (κ3) is 3.31. The van der Waals surface area contributed by atoms with E-state index >= 15 is 0 Å². The van der Waals surface area contributed by atoms with Crippen LogP contribution < -0.4 is 19.5 Å². The van der Waals surface area contributed by atoms with Crippen LogP contribution in [0.3, 0.4) is 0 Å². The van der Waals surface area contributed by atoms with Crippen LogP contribution in [-0.2, 0) is 6.54 Å². The Bertz CT molecular complexity index is 566. The van der Waals surface area contributed by atoms with E-state index in [0.29, 0.717) is 23.8 Å². The first-order valence-electron chi connectivity index (χ1n) is 6.75. The summed E-state index contributed by atoms with van der Waals surface area (Å²) in [4.78, 5) is 0. The van der Waals surface area contributed by atoms with Crippen molar-refractivity contribution in [3.05, 3.63) is 41.9 Å². The molecule has 0 spiro atoms. The summed E-state index contributed by atoms with van der Waals surface area (Å²) < 4.78 is 21.5. The molecule has 0 saturated carbocycles. The summed E-state index contributed by atoms with van der Waals surface area (Å²) in [6.07, 6.45) is 1.67. The van der Waals surface area contributed by atoms with E-state index in [1.54, 1.807) is 27.6 Å². The second kappa shape index (κ2) is 7.04. The number of ether oxygens (including phenoxy) is 3. The van der Waals surface area contributed by atoms with Crippen molar-refractivity contribution < 1.29 is 18.6 Å². The standard InChI is InChI=1S/C16H21NO4/c1-11(13-6-5-9-21-13)17-10-12-7-8-14(18-2)16(20-4)15(12)19-3/h5-9,11,17H,10H2,1-4H3/t11-/m0/s1. The van der Waals surface area contributed by atoms with Crippen LogP contribution in [-0.4, -0.2) is 21.3 Å². The van der Waals surface area contributed by atoms with Crippen molar-refractivity contribution in [2.24, 2.45) is 0 Å². The van der Waals surface area contributed by atoms with E-state index in [-0.39, 0.29) is 6.04 Å². The van der Waals surface area contributed by atoms with Crippen LogP contribution in [0.2, 0.25) is 0 Å². The van der Waals surface area contributed by atoms with Gasteiger partial charge in [0.15, 0.2) is 11.5 Å². The zero-order chi connectivity index (χ0) is 15.2. The molecule has 2 aromatic rings. The predicted octanol–water partition coefficient (Wildman–Crippen LogP) is 3.16. The Morgan fingerprint density at radius 1 is 1.05 bits per heavy atom. The molecular weight excluding hydrogens is 270 g/mol. The molecule has 1 heterocycles. The summed E-state index contributed by atoms with van der Waals surface area (Å²) >= 11 is 0. The Balaban J connectivity index is 2.16. The Morgan fingerprint density at radius 2 is 1.81 bits per heavy atom. The highest BCUT2D eigenvalue weighted by Gasteiger charge is 2.16. The fourth-order valence-corrected chi connectivity index (χ4v) is 2.20. The number of methoxy groups -OCH3 is 3. The Hall–Kier alpha value is -2.14. The molecule has 0 bridgehead atoms. The Kier molecular flexibility index (Phi) is 5.11. The van der Waals surface area contributed by atoms with Crippen molar-refractivity contribution in [3.63, 3.8) is 0 Å². The van der Waals surface area contributed by atoms with Gasteiger partial charge < -0.3 is 23.9 Å². The van der Waals surface area contributed by atoms with Gasteiger partial charge in [0.25, 0.3) is 0 Å². The van der Waals surface area contributed by atoms with Crippen molar-refractivity contribution in [1.82, 2.24) is 5.32 Å². The van der Waals surface area contributed by atoms with E-state index in [1.165, 1.54) is 0 Å². The zero-order valence-electron chi connectivity index (χ0n) is 12.8. The normalized spacial score (nSPS) is 12.0. The lowest BCUT2D eigenvalue weighted by Gasteiger charge is -2.17. The van der Waals surface area contributed by atoms with Gasteiger partial charge in [0, 0.05) is 12.1 Å². The van der Waals surface area contributed by atoms with Crippen LogP contribution in [0.4, 0.5) is 0 Å². The number of furan rings is 1. The molecule has 0 aliphatic carbocycles. The number of nitrogens with one attached hydrogen (secondary N) is 1. The molecule has 21 heavy (non-hydrogen) atoms. The SMILES string of the molecule is COc1ccc(CN[C@@H](C)c2ccco2)c(OC)c1OC. The maximum absolute atomic E-state index is 5.46. The van der Waals surface area contributed by atoms with Gasteiger partial charge in [-0.3, -0.25) is 0 Å². The quantitative estimate of drug-likeness (QED) is 0.849. The third-order valence-corrected chi connectivity index (χ3v) is 3.35. The smallest absolute Gasteiger partial charge is 0.203 e. The zero-order valence-corrected chi connectivity index (χ0v) is 12.8. The highest BCUT2D eigenvalue weighted by atomic mass is 16.5. The molecule has 0 unspecified atom stereocenters. The molecule has 0 radical (unpaired) electrons. The van der Waals surface area contributed by atoms with Gasteiger partial charge >= 0.3 is 0 Å². The van der Waals surface area contributed by atoms with Crippen LogP contribution >= 0.6 is 0 Å². The van der Waals surface area contributed by atoms with E-state index < -0.39 is 0 Å². The summed E-state index contributed by atoms with van der Waals surface area (Å²) in [6.45, 7) is 2.68. The minimum atomic E-state index is 0.109. The molecule has 5 heteroatoms. The lowest BCUT2D eigenvalue weighted by molar-refractivity contribution is 0.321. The summed E-state index contributed by atoms with van der Waals surface area (Å²) in [6, 6.07) is 7.77. The number of benzene rings is 1. The largest absolute Gasteiger partial charge is 0.493 e. The van der Waals surface area contributed by atoms with Crippen LogP contribution in [0.5, 0.6) is 17.2 Å². The van der Waals surface area contributed by atoms with Crippen molar-refractivity contribution in [1.29, 1.82) is 0 Å². The molecule has 0 fully saturated rings. The highest BCUT2D eigenvalue weighted by Crippen LogP contribution is 2.39. The molecular formula is C16H21NO4. The summed E-state index contributed by atoms with van der Waals surface area (Å²) in [5, 5.41) is 3.39. The van der Waals surface area contributed by atoms with E-state index in [4.69, 9.17) is 18.6 Å². The first-order chi connectivity index (χ1) is 10.2. The van der Waals surface area contributed by atoms with Gasteiger partial charge in [0.1, 0.15) is 5.76 Å². The van der Waals surface area contributed by atoms with Gasteiger partial charge in [-0.1, -0.05) is 6.07 Å². The van der Waals surface area contributed by atoms with Gasteiger partial charge in [-0.15, -0.1) is 0 Å². The molecule has 0 aliphatic rings. The van der Waals surface area contributed by atoms with E-state index in [0.717, 1.165) is 11.3 Å². The van der Waals surface area contributed by atoms with Gasteiger partial charge in [0.05, 0.1) is 33.6 Å². The second-order valence-electron chi connectivity index (χ2n) is 4.61. The number of rotatable bonds is 7. The van der Waals surface area contributed by atoms with E-state index in [2.05, 4.69) is 5.32 Å². The maximum Gasteiger partial charge on any atom is 0.203 e. The van der Waals surface area contributed by atoms with Crippen LogP contribution in [0, 0.1) is 0 Å². The van der Waals surface area contributed by atoms with Crippen LogP contribution in [0.15, 0.2) is 34.9 Å². The molecule has 1 N–H and O–H groups in total. The molecule has 114 valence electrons. The first-order valence-corrected chi connectivity index (χ1v) is 6.75. The molecule has 1 aromatic heterocycles. The second-order valence-corrected chi connectivity index (χ2v) is 4.61. The third-order valence-electron chi connectivity index (χ3n) is 3.35. The fourth-order valence-electron chi connectivity index (χ4n) is 2.20. The topological polar surface area (TPSA) is 52.9 Å². The van der Waals surface area contributed by atoms with Crippen LogP contribution in [0.25, 0.3) is 0 Å². The first kappa shape index (κ1) is 15.3. The molecule has 0 saturated heterocycles. The van der Waals surface area contributed by atoms with E-state index in [1.807, 2.05) is 31.2 Å². The molecule has 0 aliphatic heterocycles. The predicted molar refractivity (Wildman–Crippen MR) is 80.1 cm³/mol. The Labute approximate surface area is 124 Å². The number of hydrogen-bond donors (Lipinski definition) is 1. The van der Waals surface area contributed by atoms with Crippen molar-refractivity contribution in [2.75, 3.05) is 21.3 Å². The molecule has 1 atom stereocenters.